The molecule has 1 saturated carbocycles. The molecule has 2 bridgehead atoms. The Balaban J connectivity index is 1.20. The highest BCUT2D eigenvalue weighted by Gasteiger charge is 2.43. The summed E-state index contributed by atoms with van der Waals surface area (Å²) in [5, 5.41) is 10.6. The lowest BCUT2D eigenvalue weighted by Crippen LogP contribution is -2.51. The molecule has 2 fully saturated rings. The SMILES string of the molecule is CN1CCN(C(N)/C=C\C(N)=Nc2cc(-c3cc(F)cc(N4CCn5c(cc6c5C5CCC6C5)C4=O)c3CO)cn(C)c2=O)CC1. The summed E-state index contributed by atoms with van der Waals surface area (Å²) in [6.07, 6.45) is 8.07. The molecule has 3 unspecified atom stereocenters. The van der Waals surface area contributed by atoms with E-state index in [9.17, 15) is 14.7 Å². The lowest BCUT2D eigenvalue weighted by Gasteiger charge is -2.34. The van der Waals surface area contributed by atoms with Crippen molar-refractivity contribution in [1.29, 1.82) is 0 Å². The van der Waals surface area contributed by atoms with Crippen molar-refractivity contribution in [3.8, 4) is 11.1 Å². The number of hydrogen-bond acceptors (Lipinski definition) is 7. The Bertz CT molecular complexity index is 1820. The molecule has 4 heterocycles. The van der Waals surface area contributed by atoms with Gasteiger partial charge in [0.2, 0.25) is 0 Å². The van der Waals surface area contributed by atoms with Gasteiger partial charge in [-0.15, -0.1) is 0 Å². The molecule has 2 aromatic heterocycles. The van der Waals surface area contributed by atoms with Gasteiger partial charge in [0, 0.05) is 75.3 Å². The number of carbonyl (C=O) groups is 1. The molecule has 2 aliphatic carbocycles. The number of aromatic nitrogens is 2. The van der Waals surface area contributed by atoms with Crippen LogP contribution in [0.2, 0.25) is 0 Å². The standard InChI is InChI=1S/C34H41FN8O3/c1-39-7-9-41(10-8-39)31(37)6-5-30(36)38-27-14-22(18-40(2)33(27)45)24-15-23(35)16-28(26(24)19-44)43-12-11-42-29(34(43)46)17-25-20-3-4-21(13-20)32(25)42/h5-6,14-18,20-21,31,44H,3-4,7-13,19,37H2,1-2H3,(H2,36,38)/b6-5-. The first-order valence-electron chi connectivity index (χ1n) is 16.0. The molecule has 5 N–H and O–H groups in total. The molecule has 242 valence electrons. The highest BCUT2D eigenvalue weighted by Crippen LogP contribution is 2.54. The molecule has 4 aliphatic rings. The van der Waals surface area contributed by atoms with E-state index < -0.39 is 12.4 Å². The molecule has 7 rings (SSSR count). The van der Waals surface area contributed by atoms with Gasteiger partial charge >= 0.3 is 0 Å². The number of aryl methyl sites for hydroxylation is 1. The van der Waals surface area contributed by atoms with Crippen LogP contribution in [0.4, 0.5) is 15.8 Å². The van der Waals surface area contributed by atoms with Crippen LogP contribution in [0.1, 0.15) is 58.4 Å². The van der Waals surface area contributed by atoms with E-state index in [1.807, 2.05) is 6.07 Å². The average Bonchev–Trinajstić information content (AvgIpc) is 3.76. The van der Waals surface area contributed by atoms with Crippen molar-refractivity contribution < 1.29 is 14.3 Å². The largest absolute Gasteiger partial charge is 0.392 e. The highest BCUT2D eigenvalue weighted by molar-refractivity contribution is 6.07. The van der Waals surface area contributed by atoms with Crippen LogP contribution in [-0.2, 0) is 20.2 Å². The summed E-state index contributed by atoms with van der Waals surface area (Å²) in [5.74, 6) is 0.375. The van der Waals surface area contributed by atoms with E-state index in [4.69, 9.17) is 11.5 Å². The molecule has 12 heteroatoms. The number of fused-ring (bicyclic) bond motifs is 7. The quantitative estimate of drug-likeness (QED) is 0.270. The topological polar surface area (TPSA) is 138 Å². The van der Waals surface area contributed by atoms with E-state index in [-0.39, 0.29) is 29.2 Å². The number of aliphatic imine (C=N–C) groups is 1. The predicted molar refractivity (Wildman–Crippen MR) is 176 cm³/mol. The molecular formula is C34H41FN8O3. The van der Waals surface area contributed by atoms with Gasteiger partial charge in [-0.2, -0.15) is 0 Å². The van der Waals surface area contributed by atoms with Gasteiger partial charge in [-0.05, 0) is 79.8 Å². The van der Waals surface area contributed by atoms with Crippen LogP contribution in [0.25, 0.3) is 11.1 Å². The van der Waals surface area contributed by atoms with Crippen LogP contribution in [0.5, 0.6) is 0 Å². The van der Waals surface area contributed by atoms with Crippen LogP contribution in [0, 0.1) is 5.82 Å². The third-order valence-corrected chi connectivity index (χ3v) is 10.2. The zero-order valence-electron chi connectivity index (χ0n) is 26.3. The van der Waals surface area contributed by atoms with Crippen molar-refractivity contribution in [2.75, 3.05) is 44.7 Å². The first kappa shape index (κ1) is 30.5. The molecular weight excluding hydrogens is 587 g/mol. The van der Waals surface area contributed by atoms with Crippen molar-refractivity contribution in [2.24, 2.45) is 23.5 Å². The lowest BCUT2D eigenvalue weighted by molar-refractivity contribution is 0.0964. The monoisotopic (exact) mass is 628 g/mol. The Morgan fingerprint density at radius 2 is 1.83 bits per heavy atom. The maximum Gasteiger partial charge on any atom is 0.276 e. The number of hydrogen-bond donors (Lipinski definition) is 3. The van der Waals surface area contributed by atoms with Crippen LogP contribution < -0.4 is 21.9 Å². The highest BCUT2D eigenvalue weighted by atomic mass is 19.1. The first-order chi connectivity index (χ1) is 22.1. The third kappa shape index (κ3) is 5.28. The zero-order valence-corrected chi connectivity index (χ0v) is 26.3. The number of aliphatic hydroxyl groups excluding tert-OH is 1. The molecule has 2 aliphatic heterocycles. The second-order valence-corrected chi connectivity index (χ2v) is 13.1. The number of amidine groups is 1. The molecule has 3 aromatic rings. The van der Waals surface area contributed by atoms with Gasteiger partial charge in [-0.1, -0.05) is 0 Å². The summed E-state index contributed by atoms with van der Waals surface area (Å²) >= 11 is 0. The molecule has 0 radical (unpaired) electrons. The lowest BCUT2D eigenvalue weighted by atomic mass is 9.97. The van der Waals surface area contributed by atoms with Gasteiger partial charge in [0.05, 0.1) is 18.5 Å². The van der Waals surface area contributed by atoms with E-state index in [0.717, 1.165) is 26.2 Å². The van der Waals surface area contributed by atoms with Crippen molar-refractivity contribution in [3.05, 3.63) is 81.3 Å². The van der Waals surface area contributed by atoms with Crippen molar-refractivity contribution in [3.63, 3.8) is 0 Å². The number of carbonyl (C=O) groups excluding carboxylic acids is 1. The number of nitrogens with two attached hydrogens (primary N) is 2. The number of halogens is 1. The average molecular weight is 629 g/mol. The molecule has 3 atom stereocenters. The summed E-state index contributed by atoms with van der Waals surface area (Å²) < 4.78 is 18.8. The Morgan fingerprint density at radius 3 is 2.59 bits per heavy atom. The predicted octanol–water partition coefficient (Wildman–Crippen LogP) is 2.59. The summed E-state index contributed by atoms with van der Waals surface area (Å²) in [7, 11) is 3.65. The second kappa shape index (κ2) is 11.9. The smallest absolute Gasteiger partial charge is 0.276 e. The van der Waals surface area contributed by atoms with Crippen molar-refractivity contribution in [2.45, 2.75) is 50.4 Å². The molecule has 1 saturated heterocycles. The fourth-order valence-corrected chi connectivity index (χ4v) is 7.79. The van der Waals surface area contributed by atoms with Crippen LogP contribution >= 0.6 is 0 Å². The normalized spacial score (nSPS) is 22.6. The number of anilines is 1. The summed E-state index contributed by atoms with van der Waals surface area (Å²) in [4.78, 5) is 37.3. The molecule has 46 heavy (non-hydrogen) atoms. The second-order valence-electron chi connectivity index (χ2n) is 13.1. The van der Waals surface area contributed by atoms with Crippen molar-refractivity contribution >= 4 is 23.1 Å². The number of pyridine rings is 1. The van der Waals surface area contributed by atoms with E-state index in [1.54, 1.807) is 30.3 Å². The minimum Gasteiger partial charge on any atom is -0.392 e. The zero-order chi connectivity index (χ0) is 32.3. The number of benzene rings is 1. The van der Waals surface area contributed by atoms with Gasteiger partial charge in [0.1, 0.15) is 23.0 Å². The Labute approximate surface area is 267 Å². The number of likely N-dealkylation sites (N-methyl/N-ethyl adjacent to an activating group) is 1. The van der Waals surface area contributed by atoms with E-state index in [1.165, 1.54) is 53.3 Å². The van der Waals surface area contributed by atoms with Gasteiger partial charge in [-0.25, -0.2) is 9.38 Å². The fraction of sp³-hybridized carbons (Fsp3) is 0.441. The number of amides is 1. The van der Waals surface area contributed by atoms with E-state index in [0.29, 0.717) is 53.0 Å². The number of nitrogens with zero attached hydrogens (tertiary/aromatic N) is 6. The summed E-state index contributed by atoms with van der Waals surface area (Å²) in [5.41, 5.74) is 17.0. The maximum atomic E-state index is 15.3. The maximum absolute atomic E-state index is 15.3. The minimum atomic E-state index is -0.559. The number of aliphatic hydroxyl groups is 1. The fourth-order valence-electron chi connectivity index (χ4n) is 7.79. The third-order valence-electron chi connectivity index (χ3n) is 10.2. The molecule has 0 spiro atoms. The van der Waals surface area contributed by atoms with Crippen molar-refractivity contribution in [1.82, 2.24) is 18.9 Å². The van der Waals surface area contributed by atoms with E-state index >= 15 is 4.39 Å². The minimum absolute atomic E-state index is 0.0565. The van der Waals surface area contributed by atoms with E-state index in [2.05, 4.69) is 26.4 Å². The molecule has 11 nitrogen and oxygen atoms in total. The summed E-state index contributed by atoms with van der Waals surface area (Å²) in [6, 6.07) is 6.17. The van der Waals surface area contributed by atoms with Crippen LogP contribution in [0.15, 0.2) is 52.4 Å². The Kier molecular flexibility index (Phi) is 7.92. The first-order valence-corrected chi connectivity index (χ1v) is 16.0. The number of piperazine rings is 1. The Morgan fingerprint density at radius 1 is 1.07 bits per heavy atom. The molecule has 1 aromatic carbocycles. The van der Waals surface area contributed by atoms with Crippen LogP contribution in [-0.4, -0.2) is 81.7 Å². The van der Waals surface area contributed by atoms with Gasteiger partial charge in [0.25, 0.3) is 11.5 Å². The van der Waals surface area contributed by atoms with Crippen LogP contribution in [0.3, 0.4) is 0 Å². The van der Waals surface area contributed by atoms with Gasteiger partial charge in [-0.3, -0.25) is 14.5 Å². The number of rotatable bonds is 7. The van der Waals surface area contributed by atoms with Gasteiger partial charge < -0.3 is 35.5 Å². The Hall–Kier alpha value is -4.10. The van der Waals surface area contributed by atoms with Gasteiger partial charge in [0.15, 0.2) is 0 Å². The molecule has 1 amide bonds. The summed E-state index contributed by atoms with van der Waals surface area (Å²) in [6.45, 7) is 4.06.